The second-order valence-electron chi connectivity index (χ2n) is 7.67. The summed E-state index contributed by atoms with van der Waals surface area (Å²) in [6.45, 7) is 12.0. The van der Waals surface area contributed by atoms with Crippen molar-refractivity contribution in [2.75, 3.05) is 37.3 Å². The number of aromatic nitrogens is 5. The Balaban J connectivity index is 1.67. The lowest BCUT2D eigenvalue weighted by Gasteiger charge is -2.27. The Hall–Kier alpha value is -2.42. The van der Waals surface area contributed by atoms with Crippen LogP contribution in [0.2, 0.25) is 5.02 Å². The summed E-state index contributed by atoms with van der Waals surface area (Å²) in [6.07, 6.45) is 5.86. The van der Waals surface area contributed by atoms with Crippen molar-refractivity contribution < 1.29 is 0 Å². The van der Waals surface area contributed by atoms with Crippen LogP contribution in [0, 0.1) is 13.8 Å². The first-order valence-corrected chi connectivity index (χ1v) is 12.3. The van der Waals surface area contributed by atoms with Gasteiger partial charge in [0.1, 0.15) is 5.69 Å². The van der Waals surface area contributed by atoms with Gasteiger partial charge in [-0.3, -0.25) is 0 Å². The van der Waals surface area contributed by atoms with E-state index in [9.17, 15) is 0 Å². The van der Waals surface area contributed by atoms with Gasteiger partial charge in [-0.25, -0.2) is 23.8 Å². The van der Waals surface area contributed by atoms with Gasteiger partial charge in [-0.1, -0.05) is 30.5 Å². The molecule has 0 saturated carbocycles. The second kappa shape index (κ2) is 9.60. The van der Waals surface area contributed by atoms with Gasteiger partial charge in [0, 0.05) is 31.6 Å². The lowest BCUT2D eigenvalue weighted by molar-refractivity contribution is 0.499. The summed E-state index contributed by atoms with van der Waals surface area (Å²) in [5.41, 5.74) is 5.95. The minimum Gasteiger partial charge on any atom is -0.368 e. The lowest BCUT2D eigenvalue weighted by atomic mass is 10.2. The van der Waals surface area contributed by atoms with Crippen LogP contribution in [0.15, 0.2) is 30.6 Å². The Morgan fingerprint density at radius 3 is 2.59 bits per heavy atom. The molecule has 0 aliphatic rings. The number of imidazole rings is 1. The zero-order valence-electron chi connectivity index (χ0n) is 19.1. The first-order chi connectivity index (χ1) is 15.4. The van der Waals surface area contributed by atoms with Gasteiger partial charge in [-0.2, -0.15) is 5.10 Å². The molecule has 0 spiro atoms. The number of anilines is 1. The van der Waals surface area contributed by atoms with Gasteiger partial charge in [0.25, 0.3) is 0 Å². The number of hydrogen-bond donors (Lipinski definition) is 0. The molecule has 0 fully saturated rings. The minimum absolute atomic E-state index is 0.618. The van der Waals surface area contributed by atoms with Crippen molar-refractivity contribution in [2.45, 2.75) is 27.7 Å². The molecule has 0 aromatic carbocycles. The molecule has 0 saturated heterocycles. The topological polar surface area (TPSA) is 62.5 Å². The standard InChI is InChI=1S/C23H28ClN7S/c1-6-29(10-11-30(7-2)32-5)20-13-25-22-17(21(20)24)8-9-18(27-22)19-12-15(3)23-26-16(4)14-31(23)28-19/h8-9,12-14H,6-7,10-11H2,1-5H3. The van der Waals surface area contributed by atoms with Crippen LogP contribution in [0.1, 0.15) is 25.1 Å². The van der Waals surface area contributed by atoms with Crippen LogP contribution in [0.5, 0.6) is 0 Å². The lowest BCUT2D eigenvalue weighted by Crippen LogP contribution is -2.32. The van der Waals surface area contributed by atoms with Crippen LogP contribution in [-0.4, -0.2) is 61.3 Å². The number of aryl methyl sites for hydroxylation is 2. The second-order valence-corrected chi connectivity index (χ2v) is 8.93. The summed E-state index contributed by atoms with van der Waals surface area (Å²) in [5, 5.41) is 6.22. The first kappa shape index (κ1) is 22.8. The predicted molar refractivity (Wildman–Crippen MR) is 135 cm³/mol. The average Bonchev–Trinajstić information content (AvgIpc) is 3.18. The molecule has 7 nitrogen and oxygen atoms in total. The van der Waals surface area contributed by atoms with Crippen molar-refractivity contribution in [2.24, 2.45) is 0 Å². The van der Waals surface area contributed by atoms with Crippen molar-refractivity contribution in [3.05, 3.63) is 46.9 Å². The third-order valence-electron chi connectivity index (χ3n) is 5.59. The van der Waals surface area contributed by atoms with Gasteiger partial charge in [-0.15, -0.1) is 0 Å². The van der Waals surface area contributed by atoms with E-state index in [0.29, 0.717) is 10.7 Å². The molecule has 4 aromatic rings. The molecule has 0 atom stereocenters. The molecule has 0 N–H and O–H groups in total. The summed E-state index contributed by atoms with van der Waals surface area (Å²) in [4.78, 5) is 16.2. The van der Waals surface area contributed by atoms with Gasteiger partial charge >= 0.3 is 0 Å². The monoisotopic (exact) mass is 469 g/mol. The maximum absolute atomic E-state index is 6.83. The van der Waals surface area contributed by atoms with Crippen LogP contribution >= 0.6 is 23.5 Å². The molecule has 0 amide bonds. The van der Waals surface area contributed by atoms with Crippen molar-refractivity contribution >= 4 is 45.9 Å². The Labute approximate surface area is 198 Å². The highest BCUT2D eigenvalue weighted by Gasteiger charge is 2.16. The largest absolute Gasteiger partial charge is 0.368 e. The van der Waals surface area contributed by atoms with Gasteiger partial charge in [-0.05, 0) is 50.8 Å². The number of nitrogens with zero attached hydrogens (tertiary/aromatic N) is 7. The fraction of sp³-hybridized carbons (Fsp3) is 0.391. The van der Waals surface area contributed by atoms with E-state index in [1.807, 2.05) is 49.0 Å². The molecule has 4 aromatic heterocycles. The molecule has 0 unspecified atom stereocenters. The Morgan fingerprint density at radius 1 is 1.06 bits per heavy atom. The maximum Gasteiger partial charge on any atom is 0.161 e. The average molecular weight is 470 g/mol. The highest BCUT2D eigenvalue weighted by Crippen LogP contribution is 2.32. The number of fused-ring (bicyclic) bond motifs is 2. The van der Waals surface area contributed by atoms with Crippen molar-refractivity contribution in [3.8, 4) is 11.4 Å². The normalized spacial score (nSPS) is 11.7. The van der Waals surface area contributed by atoms with Crippen molar-refractivity contribution in [3.63, 3.8) is 0 Å². The van der Waals surface area contributed by atoms with E-state index in [1.165, 1.54) is 0 Å². The SMILES string of the molecule is CCN(CCN(CC)c1cnc2nc(-c3cc(C)c4nc(C)cn4n3)ccc2c1Cl)SC. The zero-order chi connectivity index (χ0) is 22.8. The summed E-state index contributed by atoms with van der Waals surface area (Å²) >= 11 is 8.60. The van der Waals surface area contributed by atoms with Gasteiger partial charge < -0.3 is 4.90 Å². The third kappa shape index (κ3) is 4.40. The molecule has 9 heteroatoms. The van der Waals surface area contributed by atoms with E-state index >= 15 is 0 Å². The Kier molecular flexibility index (Phi) is 6.83. The fourth-order valence-electron chi connectivity index (χ4n) is 3.83. The molecule has 4 rings (SSSR count). The predicted octanol–water partition coefficient (Wildman–Crippen LogP) is 5.04. The van der Waals surface area contributed by atoms with Crippen molar-refractivity contribution in [1.82, 2.24) is 28.9 Å². The molecule has 32 heavy (non-hydrogen) atoms. The molecule has 0 bridgehead atoms. The van der Waals surface area contributed by atoms with Crippen LogP contribution in [-0.2, 0) is 0 Å². The van der Waals surface area contributed by atoms with Crippen LogP contribution in [0.4, 0.5) is 5.69 Å². The number of likely N-dealkylation sites (N-methyl/N-ethyl adjacent to an activating group) is 2. The van der Waals surface area contributed by atoms with Crippen LogP contribution in [0.3, 0.4) is 0 Å². The van der Waals surface area contributed by atoms with Crippen molar-refractivity contribution in [1.29, 1.82) is 0 Å². The number of hydrogen-bond acceptors (Lipinski definition) is 7. The summed E-state index contributed by atoms with van der Waals surface area (Å²) in [5.74, 6) is 0. The number of pyridine rings is 2. The zero-order valence-corrected chi connectivity index (χ0v) is 20.7. The van der Waals surface area contributed by atoms with Gasteiger partial charge in [0.2, 0.25) is 0 Å². The summed E-state index contributed by atoms with van der Waals surface area (Å²) in [7, 11) is 0. The number of rotatable bonds is 8. The van der Waals surface area contributed by atoms with E-state index in [2.05, 4.69) is 44.4 Å². The summed E-state index contributed by atoms with van der Waals surface area (Å²) < 4.78 is 4.13. The van der Waals surface area contributed by atoms with E-state index in [-0.39, 0.29) is 0 Å². The highest BCUT2D eigenvalue weighted by atomic mass is 35.5. The third-order valence-corrected chi connectivity index (χ3v) is 6.94. The molecule has 168 valence electrons. The molecular formula is C23H28ClN7S. The molecule has 4 heterocycles. The highest BCUT2D eigenvalue weighted by molar-refractivity contribution is 7.96. The molecule has 0 aliphatic heterocycles. The molecule has 0 radical (unpaired) electrons. The summed E-state index contributed by atoms with van der Waals surface area (Å²) in [6, 6.07) is 5.96. The molecular weight excluding hydrogens is 442 g/mol. The fourth-order valence-corrected chi connectivity index (χ4v) is 4.67. The Bertz CT molecular complexity index is 1250. The maximum atomic E-state index is 6.83. The smallest absolute Gasteiger partial charge is 0.161 e. The van der Waals surface area contributed by atoms with E-state index in [1.54, 1.807) is 11.9 Å². The van der Waals surface area contributed by atoms with Gasteiger partial charge in [0.15, 0.2) is 11.3 Å². The quantitative estimate of drug-likeness (QED) is 0.335. The Morgan fingerprint density at radius 2 is 1.88 bits per heavy atom. The minimum atomic E-state index is 0.618. The molecule has 0 aliphatic carbocycles. The van der Waals surface area contributed by atoms with Crippen LogP contribution < -0.4 is 4.90 Å². The van der Waals surface area contributed by atoms with Gasteiger partial charge in [0.05, 0.1) is 34.5 Å². The first-order valence-electron chi connectivity index (χ1n) is 10.8. The van der Waals surface area contributed by atoms with E-state index in [0.717, 1.165) is 65.5 Å². The van der Waals surface area contributed by atoms with E-state index in [4.69, 9.17) is 16.6 Å². The van der Waals surface area contributed by atoms with Crippen LogP contribution in [0.25, 0.3) is 28.1 Å². The van der Waals surface area contributed by atoms with E-state index < -0.39 is 0 Å². The number of halogens is 1.